The summed E-state index contributed by atoms with van der Waals surface area (Å²) in [6.07, 6.45) is 2.54. The predicted molar refractivity (Wildman–Crippen MR) is 111 cm³/mol. The van der Waals surface area contributed by atoms with Crippen molar-refractivity contribution in [2.24, 2.45) is 0 Å². The zero-order valence-corrected chi connectivity index (χ0v) is 18.1. The lowest BCUT2D eigenvalue weighted by atomic mass is 10.0. The number of nitrogens with one attached hydrogen (secondary N) is 1. The van der Waals surface area contributed by atoms with Crippen molar-refractivity contribution in [3.8, 4) is 5.75 Å². The summed E-state index contributed by atoms with van der Waals surface area (Å²) >= 11 is 6.39. The van der Waals surface area contributed by atoms with Crippen LogP contribution >= 0.6 is 11.6 Å². The minimum absolute atomic E-state index is 0.188. The van der Waals surface area contributed by atoms with Crippen molar-refractivity contribution < 1.29 is 34.0 Å². The van der Waals surface area contributed by atoms with Crippen molar-refractivity contribution in [2.45, 2.75) is 31.8 Å². The average Bonchev–Trinajstić information content (AvgIpc) is 2.65. The summed E-state index contributed by atoms with van der Waals surface area (Å²) in [7, 11) is 4.06. The molecule has 2 atom stereocenters. The highest BCUT2D eigenvalue weighted by Gasteiger charge is 2.52. The smallest absolute Gasteiger partial charge is 0.417 e. The van der Waals surface area contributed by atoms with Crippen LogP contribution < -0.4 is 15.0 Å². The van der Waals surface area contributed by atoms with Crippen LogP contribution in [-0.4, -0.2) is 55.2 Å². The van der Waals surface area contributed by atoms with Crippen molar-refractivity contribution in [3.63, 3.8) is 0 Å². The number of ether oxygens (including phenoxy) is 3. The number of amides is 2. The number of nitrogens with zero attached hydrogens (tertiary/aromatic N) is 1. The second-order valence-corrected chi connectivity index (χ2v) is 7.36. The van der Waals surface area contributed by atoms with Gasteiger partial charge in [-0.2, -0.15) is 0 Å². The van der Waals surface area contributed by atoms with Crippen LogP contribution in [0.15, 0.2) is 35.9 Å². The van der Waals surface area contributed by atoms with Crippen LogP contribution in [0.5, 0.6) is 5.75 Å². The fourth-order valence-electron chi connectivity index (χ4n) is 3.05. The maximum atomic E-state index is 12.9. The molecule has 30 heavy (non-hydrogen) atoms. The summed E-state index contributed by atoms with van der Waals surface area (Å²) in [5.74, 6) is -1.80. The first kappa shape index (κ1) is 23.5. The van der Waals surface area contributed by atoms with E-state index < -0.39 is 23.7 Å². The van der Waals surface area contributed by atoms with Crippen LogP contribution in [0.3, 0.4) is 0 Å². The highest BCUT2D eigenvalue weighted by Crippen LogP contribution is 2.38. The van der Waals surface area contributed by atoms with Crippen LogP contribution in [0.25, 0.3) is 0 Å². The fraction of sp³-hybridized carbons (Fsp3) is 0.400. The Bertz CT molecular complexity index is 897. The monoisotopic (exact) mass is 440 g/mol. The molecular weight excluding hydrogens is 416 g/mol. The maximum Gasteiger partial charge on any atom is 0.417 e. The second kappa shape index (κ2) is 8.95. The first-order valence-corrected chi connectivity index (χ1v) is 9.31. The molecule has 0 aromatic heterocycles. The average molecular weight is 441 g/mol. The molecule has 1 aliphatic heterocycles. The third kappa shape index (κ3) is 4.69. The molecule has 1 aromatic rings. The quantitative estimate of drug-likeness (QED) is 0.615. The fourth-order valence-corrected chi connectivity index (χ4v) is 3.36. The Morgan fingerprint density at radius 3 is 2.63 bits per heavy atom. The molecule has 164 valence electrons. The van der Waals surface area contributed by atoms with Gasteiger partial charge in [0.25, 0.3) is 5.79 Å². The van der Waals surface area contributed by atoms with E-state index in [9.17, 15) is 14.7 Å². The summed E-state index contributed by atoms with van der Waals surface area (Å²) in [4.78, 5) is 25.2. The van der Waals surface area contributed by atoms with Gasteiger partial charge in [0.15, 0.2) is 0 Å². The minimum atomic E-state index is -2.32. The van der Waals surface area contributed by atoms with Gasteiger partial charge in [-0.3, -0.25) is 10.2 Å². The molecule has 0 spiro atoms. The zero-order valence-electron chi connectivity index (χ0n) is 17.4. The molecule has 2 rings (SSSR count). The molecular formula is C20H25ClN2O7. The lowest BCUT2D eigenvalue weighted by molar-refractivity contribution is -0.256. The van der Waals surface area contributed by atoms with Gasteiger partial charge in [0.05, 0.1) is 12.8 Å². The van der Waals surface area contributed by atoms with E-state index in [4.69, 9.17) is 30.9 Å². The molecule has 3 N–H and O–H groups in total. The summed E-state index contributed by atoms with van der Waals surface area (Å²) in [6.45, 7) is 3.00. The number of carboxylic acid groups (broad SMARTS) is 1. The minimum Gasteiger partial charge on any atom is -0.495 e. The molecule has 2 bridgehead atoms. The van der Waals surface area contributed by atoms with E-state index in [0.717, 1.165) is 23.0 Å². The first-order valence-electron chi connectivity index (χ1n) is 8.93. The van der Waals surface area contributed by atoms with Gasteiger partial charge in [0, 0.05) is 14.2 Å². The van der Waals surface area contributed by atoms with Gasteiger partial charge >= 0.3 is 12.2 Å². The molecule has 0 fully saturated rings. The Balaban J connectivity index is 2.67. The summed E-state index contributed by atoms with van der Waals surface area (Å²) in [5, 5.41) is 22.0. The van der Waals surface area contributed by atoms with Gasteiger partial charge < -0.3 is 24.4 Å². The SMILES string of the molecule is COc1cc2cc(c1Cl)N(C)C(=O)O[C@](OC)([C@](C)(O)NC(=O)O)/C=C/C=C(\C)C2. The maximum absolute atomic E-state index is 12.9. The van der Waals surface area contributed by atoms with E-state index in [1.165, 1.54) is 33.4 Å². The molecule has 0 saturated carbocycles. The Kier molecular flexibility index (Phi) is 7.02. The van der Waals surface area contributed by atoms with Crippen molar-refractivity contribution in [1.29, 1.82) is 0 Å². The molecule has 10 heteroatoms. The standard InChI is InChI=1S/C20H25ClN2O7/c1-12-7-6-8-20(29-5,19(2,27)22-17(24)25)30-18(26)23(3)14-10-13(9-12)11-15(28-4)16(14)21/h6-8,10-11,22,27H,9H2,1-5H3,(H,24,25)/b8-6+,12-7+/t19-,20-/m0/s1. The molecule has 1 heterocycles. The van der Waals surface area contributed by atoms with Crippen molar-refractivity contribution >= 4 is 29.5 Å². The topological polar surface area (TPSA) is 118 Å². The van der Waals surface area contributed by atoms with Crippen molar-refractivity contribution in [3.05, 3.63) is 46.5 Å². The Hall–Kier alpha value is -2.75. The largest absolute Gasteiger partial charge is 0.495 e. The van der Waals surface area contributed by atoms with Gasteiger partial charge in [-0.15, -0.1) is 0 Å². The van der Waals surface area contributed by atoms with Crippen LogP contribution in [0, 0.1) is 0 Å². The number of cyclic esters (lactones) is 1. The Labute approximate surface area is 179 Å². The van der Waals surface area contributed by atoms with Gasteiger partial charge in [-0.1, -0.05) is 29.3 Å². The molecule has 2 amide bonds. The van der Waals surface area contributed by atoms with Crippen LogP contribution in [0.4, 0.5) is 15.3 Å². The van der Waals surface area contributed by atoms with E-state index in [-0.39, 0.29) is 5.02 Å². The van der Waals surface area contributed by atoms with E-state index >= 15 is 0 Å². The number of rotatable bonds is 4. The molecule has 0 aliphatic carbocycles. The zero-order chi connectivity index (χ0) is 22.7. The molecule has 0 unspecified atom stereocenters. The molecule has 0 saturated heterocycles. The molecule has 0 radical (unpaired) electrons. The number of anilines is 1. The normalized spacial score (nSPS) is 24.3. The van der Waals surface area contributed by atoms with Crippen LogP contribution in [0.1, 0.15) is 19.4 Å². The van der Waals surface area contributed by atoms with E-state index in [1.807, 2.05) is 12.2 Å². The highest BCUT2D eigenvalue weighted by atomic mass is 35.5. The number of carbonyl (C=O) groups is 2. The number of fused-ring (bicyclic) bond motifs is 2. The number of allylic oxidation sites excluding steroid dienone is 3. The van der Waals surface area contributed by atoms with Gasteiger partial charge in [0.2, 0.25) is 5.72 Å². The number of methoxy groups -OCH3 is 2. The summed E-state index contributed by atoms with van der Waals surface area (Å²) in [6, 6.07) is 3.50. The van der Waals surface area contributed by atoms with E-state index in [0.29, 0.717) is 17.9 Å². The lowest BCUT2D eigenvalue weighted by Crippen LogP contribution is -2.65. The Morgan fingerprint density at radius 1 is 1.40 bits per heavy atom. The van der Waals surface area contributed by atoms with Crippen molar-refractivity contribution in [2.75, 3.05) is 26.2 Å². The van der Waals surface area contributed by atoms with Crippen LogP contribution in [0.2, 0.25) is 5.02 Å². The van der Waals surface area contributed by atoms with Crippen molar-refractivity contribution in [1.82, 2.24) is 5.32 Å². The van der Waals surface area contributed by atoms with Gasteiger partial charge in [-0.05, 0) is 44.0 Å². The van der Waals surface area contributed by atoms with Gasteiger partial charge in [0.1, 0.15) is 10.8 Å². The lowest BCUT2D eigenvalue weighted by Gasteiger charge is -2.41. The molecule has 1 aromatic carbocycles. The predicted octanol–water partition coefficient (Wildman–Crippen LogP) is 3.30. The van der Waals surface area contributed by atoms with E-state index in [1.54, 1.807) is 18.2 Å². The number of halogens is 1. The molecule has 1 aliphatic rings. The second-order valence-electron chi connectivity index (χ2n) is 6.98. The first-order chi connectivity index (χ1) is 14.0. The number of hydrogen-bond acceptors (Lipinski definition) is 6. The third-order valence-corrected chi connectivity index (χ3v) is 5.07. The molecule has 9 nitrogen and oxygen atoms in total. The number of benzene rings is 1. The third-order valence-electron chi connectivity index (χ3n) is 4.69. The number of hydrogen-bond donors (Lipinski definition) is 3. The van der Waals surface area contributed by atoms with Crippen LogP contribution in [-0.2, 0) is 15.9 Å². The van der Waals surface area contributed by atoms with E-state index in [2.05, 4.69) is 0 Å². The van der Waals surface area contributed by atoms with Gasteiger partial charge in [-0.25, -0.2) is 9.59 Å². The number of carbonyl (C=O) groups excluding carboxylic acids is 1. The summed E-state index contributed by atoms with van der Waals surface area (Å²) < 4.78 is 16.1. The Morgan fingerprint density at radius 2 is 2.07 bits per heavy atom. The summed E-state index contributed by atoms with van der Waals surface area (Å²) in [5.41, 5.74) is -0.238. The highest BCUT2D eigenvalue weighted by molar-refractivity contribution is 6.35. The number of aliphatic hydroxyl groups is 1.